The molecule has 0 heterocycles. The first-order valence-electron chi connectivity index (χ1n) is 6.70. The van der Waals surface area contributed by atoms with Gasteiger partial charge in [0.25, 0.3) is 0 Å². The molecule has 1 unspecified atom stereocenters. The molecule has 0 fully saturated rings. The summed E-state index contributed by atoms with van der Waals surface area (Å²) in [5.41, 5.74) is 0.118. The molecule has 0 bridgehead atoms. The van der Waals surface area contributed by atoms with Gasteiger partial charge in [0.1, 0.15) is 0 Å². The van der Waals surface area contributed by atoms with E-state index in [4.69, 9.17) is 18.0 Å². The van der Waals surface area contributed by atoms with Crippen molar-refractivity contribution in [3.8, 4) is 0 Å². The Labute approximate surface area is 118 Å². The van der Waals surface area contributed by atoms with Crippen LogP contribution in [0.5, 0.6) is 0 Å². The Morgan fingerprint density at radius 1 is 1.05 bits per heavy atom. The van der Waals surface area contributed by atoms with Gasteiger partial charge in [0.15, 0.2) is 0 Å². The Morgan fingerprint density at radius 3 is 2.00 bits per heavy atom. The van der Waals surface area contributed by atoms with Crippen LogP contribution >= 0.6 is 0 Å². The second-order valence-electron chi connectivity index (χ2n) is 5.89. The van der Waals surface area contributed by atoms with E-state index in [1.54, 1.807) is 21.3 Å². The highest BCUT2D eigenvalue weighted by Gasteiger charge is 2.36. The molecular formula is C13H30O5Si. The summed E-state index contributed by atoms with van der Waals surface area (Å²) in [6, 6.07) is 0.714. The molecule has 0 amide bonds. The van der Waals surface area contributed by atoms with E-state index in [0.29, 0.717) is 19.3 Å². The molecule has 0 radical (unpaired) electrons. The average molecular weight is 294 g/mol. The van der Waals surface area contributed by atoms with E-state index in [1.807, 2.05) is 0 Å². The fourth-order valence-corrected chi connectivity index (χ4v) is 3.62. The van der Waals surface area contributed by atoms with Gasteiger partial charge in [-0.05, 0) is 18.3 Å². The van der Waals surface area contributed by atoms with Crippen molar-refractivity contribution >= 4 is 8.80 Å². The summed E-state index contributed by atoms with van der Waals surface area (Å²) in [4.78, 5) is 0. The van der Waals surface area contributed by atoms with Crippen molar-refractivity contribution < 1.29 is 23.1 Å². The minimum Gasteiger partial charge on any atom is -0.391 e. The van der Waals surface area contributed by atoms with Crippen LogP contribution in [-0.2, 0) is 18.0 Å². The molecule has 0 aromatic heterocycles. The van der Waals surface area contributed by atoms with Crippen LogP contribution in [-0.4, -0.2) is 54.6 Å². The molecule has 0 saturated carbocycles. The van der Waals surface area contributed by atoms with Gasteiger partial charge in [-0.2, -0.15) is 0 Å². The van der Waals surface area contributed by atoms with Gasteiger partial charge >= 0.3 is 8.80 Å². The molecule has 6 heteroatoms. The van der Waals surface area contributed by atoms with Crippen molar-refractivity contribution in [3.63, 3.8) is 0 Å². The molecule has 0 aliphatic rings. The molecule has 0 aromatic rings. The summed E-state index contributed by atoms with van der Waals surface area (Å²) in [5.74, 6) is 0. The minimum atomic E-state index is -2.48. The van der Waals surface area contributed by atoms with Gasteiger partial charge in [0.2, 0.25) is 0 Å². The van der Waals surface area contributed by atoms with Crippen LogP contribution in [0.3, 0.4) is 0 Å². The smallest absolute Gasteiger partial charge is 0.391 e. The number of aliphatic hydroxyl groups excluding tert-OH is 1. The predicted octanol–water partition coefficient (Wildman–Crippen LogP) is 2.07. The zero-order valence-corrected chi connectivity index (χ0v) is 14.2. The summed E-state index contributed by atoms with van der Waals surface area (Å²) in [6.45, 7) is 7.26. The highest BCUT2D eigenvalue weighted by Crippen LogP contribution is 2.21. The molecule has 0 spiro atoms. The van der Waals surface area contributed by atoms with Crippen molar-refractivity contribution in [1.29, 1.82) is 0 Å². The van der Waals surface area contributed by atoms with Gasteiger partial charge in [0.05, 0.1) is 12.7 Å². The Hall–Kier alpha value is 0.0169. The molecule has 0 rings (SSSR count). The Kier molecular flexibility index (Phi) is 9.05. The number of hydrogen-bond acceptors (Lipinski definition) is 5. The van der Waals surface area contributed by atoms with Gasteiger partial charge < -0.3 is 23.1 Å². The summed E-state index contributed by atoms with van der Waals surface area (Å²) in [5, 5.41) is 9.79. The highest BCUT2D eigenvalue weighted by atomic mass is 28.4. The van der Waals surface area contributed by atoms with Crippen molar-refractivity contribution in [2.75, 3.05) is 34.5 Å². The Morgan fingerprint density at radius 2 is 1.58 bits per heavy atom. The standard InChI is InChI=1S/C13H30O5Si/c1-13(2,3)10-12(14)11-18-8-7-9-19(15-4,16-5)17-6/h12,14H,7-11H2,1-6H3. The maximum absolute atomic E-state index is 9.79. The number of ether oxygens (including phenoxy) is 1. The molecule has 1 N–H and O–H groups in total. The van der Waals surface area contributed by atoms with E-state index in [2.05, 4.69) is 20.8 Å². The first-order valence-corrected chi connectivity index (χ1v) is 8.63. The summed E-state index contributed by atoms with van der Waals surface area (Å²) in [7, 11) is 2.34. The van der Waals surface area contributed by atoms with Gasteiger partial charge in [-0.25, -0.2) is 0 Å². The van der Waals surface area contributed by atoms with Crippen LogP contribution in [0.25, 0.3) is 0 Å². The zero-order chi connectivity index (χ0) is 14.9. The molecule has 0 aromatic carbocycles. The van der Waals surface area contributed by atoms with E-state index in [9.17, 15) is 5.11 Å². The van der Waals surface area contributed by atoms with Crippen LogP contribution in [0.2, 0.25) is 6.04 Å². The summed E-state index contributed by atoms with van der Waals surface area (Å²) in [6.07, 6.45) is 1.12. The molecule has 0 saturated heterocycles. The second kappa shape index (κ2) is 9.04. The Bertz CT molecular complexity index is 217. The largest absolute Gasteiger partial charge is 0.500 e. The lowest BCUT2D eigenvalue weighted by molar-refractivity contribution is 0.0151. The highest BCUT2D eigenvalue weighted by molar-refractivity contribution is 6.60. The minimum absolute atomic E-state index is 0.118. The quantitative estimate of drug-likeness (QED) is 0.494. The molecule has 0 aliphatic carbocycles. The van der Waals surface area contributed by atoms with Gasteiger partial charge in [-0.1, -0.05) is 20.8 Å². The van der Waals surface area contributed by atoms with E-state index in [1.165, 1.54) is 0 Å². The Balaban J connectivity index is 3.75. The van der Waals surface area contributed by atoms with Gasteiger partial charge in [-0.3, -0.25) is 0 Å². The molecular weight excluding hydrogens is 264 g/mol. The lowest BCUT2D eigenvalue weighted by atomic mass is 9.89. The molecule has 5 nitrogen and oxygen atoms in total. The SMILES string of the molecule is CO[Si](CCCOCC(O)CC(C)(C)C)(OC)OC. The molecule has 0 aliphatic heterocycles. The maximum Gasteiger partial charge on any atom is 0.500 e. The molecule has 19 heavy (non-hydrogen) atoms. The van der Waals surface area contributed by atoms with Crippen LogP contribution in [0.4, 0.5) is 0 Å². The van der Waals surface area contributed by atoms with E-state index < -0.39 is 14.9 Å². The average Bonchev–Trinajstić information content (AvgIpc) is 2.32. The van der Waals surface area contributed by atoms with Crippen LogP contribution in [0, 0.1) is 5.41 Å². The predicted molar refractivity (Wildman–Crippen MR) is 77.1 cm³/mol. The van der Waals surface area contributed by atoms with Crippen LogP contribution in [0.15, 0.2) is 0 Å². The summed E-state index contributed by atoms with van der Waals surface area (Å²) < 4.78 is 21.4. The van der Waals surface area contributed by atoms with Crippen molar-refractivity contribution in [2.45, 2.75) is 45.8 Å². The zero-order valence-electron chi connectivity index (χ0n) is 13.2. The first-order chi connectivity index (χ1) is 8.78. The molecule has 116 valence electrons. The maximum atomic E-state index is 9.79. The number of aliphatic hydroxyl groups is 1. The van der Waals surface area contributed by atoms with Crippen molar-refractivity contribution in [2.24, 2.45) is 5.41 Å². The third-order valence-electron chi connectivity index (χ3n) is 2.86. The van der Waals surface area contributed by atoms with Crippen LogP contribution in [0.1, 0.15) is 33.6 Å². The van der Waals surface area contributed by atoms with Gasteiger partial charge in [0, 0.05) is 34.0 Å². The monoisotopic (exact) mass is 294 g/mol. The van der Waals surface area contributed by atoms with Gasteiger partial charge in [-0.15, -0.1) is 0 Å². The van der Waals surface area contributed by atoms with E-state index >= 15 is 0 Å². The lowest BCUT2D eigenvalue weighted by Gasteiger charge is -2.24. The second-order valence-corrected chi connectivity index (χ2v) is 8.98. The number of rotatable bonds is 10. The number of hydrogen-bond donors (Lipinski definition) is 1. The lowest BCUT2D eigenvalue weighted by Crippen LogP contribution is -2.42. The fourth-order valence-electron chi connectivity index (χ4n) is 1.93. The third kappa shape index (κ3) is 8.72. The van der Waals surface area contributed by atoms with Crippen LogP contribution < -0.4 is 0 Å². The topological polar surface area (TPSA) is 57.2 Å². The third-order valence-corrected chi connectivity index (χ3v) is 5.69. The summed E-state index contributed by atoms with van der Waals surface area (Å²) >= 11 is 0. The van der Waals surface area contributed by atoms with Crippen molar-refractivity contribution in [3.05, 3.63) is 0 Å². The molecule has 1 atom stereocenters. The van der Waals surface area contributed by atoms with E-state index in [-0.39, 0.29) is 5.41 Å². The first kappa shape index (κ1) is 19.0. The van der Waals surface area contributed by atoms with Crippen molar-refractivity contribution in [1.82, 2.24) is 0 Å². The fraction of sp³-hybridized carbons (Fsp3) is 1.00. The normalized spacial score (nSPS) is 14.7. The van der Waals surface area contributed by atoms with E-state index in [0.717, 1.165) is 12.8 Å².